The van der Waals surface area contributed by atoms with Gasteiger partial charge in [0.1, 0.15) is 23.1 Å². The van der Waals surface area contributed by atoms with Crippen molar-refractivity contribution in [1.29, 1.82) is 0 Å². The lowest BCUT2D eigenvalue weighted by Gasteiger charge is -2.22. The maximum absolute atomic E-state index is 12.1. The van der Waals surface area contributed by atoms with Gasteiger partial charge >= 0.3 is 0 Å². The summed E-state index contributed by atoms with van der Waals surface area (Å²) in [6.07, 6.45) is 4.51. The number of rotatable bonds is 12. The molecule has 2 aromatic rings. The number of benzene rings is 1. The Hall–Kier alpha value is -2.74. The van der Waals surface area contributed by atoms with Crippen LogP contribution in [-0.4, -0.2) is 73.3 Å². The summed E-state index contributed by atoms with van der Waals surface area (Å²) in [6.45, 7) is 6.38. The van der Waals surface area contributed by atoms with Crippen LogP contribution < -0.4 is 15.0 Å². The second kappa shape index (κ2) is 12.5. The van der Waals surface area contributed by atoms with E-state index in [1.54, 1.807) is 7.11 Å². The lowest BCUT2D eigenvalue weighted by molar-refractivity contribution is -0.120. The molecule has 0 radical (unpaired) electrons. The predicted molar refractivity (Wildman–Crippen MR) is 132 cm³/mol. The molecule has 8 nitrogen and oxygen atoms in total. The van der Waals surface area contributed by atoms with E-state index in [4.69, 9.17) is 14.7 Å². The van der Waals surface area contributed by atoms with E-state index in [1.807, 2.05) is 25.1 Å². The fraction of sp³-hybridized carbons (Fsp3) is 0.600. The van der Waals surface area contributed by atoms with Gasteiger partial charge < -0.3 is 19.9 Å². The highest BCUT2D eigenvalue weighted by Gasteiger charge is 2.17. The fourth-order valence-corrected chi connectivity index (χ4v) is 4.02. The summed E-state index contributed by atoms with van der Waals surface area (Å²) in [4.78, 5) is 37.8. The number of likely N-dealkylation sites (N-methyl/N-ethyl adjacent to an activating group) is 1. The van der Waals surface area contributed by atoms with Crippen LogP contribution in [0.25, 0.3) is 10.9 Å². The van der Waals surface area contributed by atoms with Gasteiger partial charge in [-0.1, -0.05) is 6.92 Å². The molecular weight excluding hydrogens is 418 g/mol. The van der Waals surface area contributed by atoms with Gasteiger partial charge in [0.05, 0.1) is 12.6 Å². The van der Waals surface area contributed by atoms with Crippen molar-refractivity contribution in [3.8, 4) is 5.75 Å². The summed E-state index contributed by atoms with van der Waals surface area (Å²) in [5.74, 6) is 2.72. The van der Waals surface area contributed by atoms with Gasteiger partial charge in [-0.15, -0.1) is 0 Å². The van der Waals surface area contributed by atoms with Crippen molar-refractivity contribution in [2.75, 3.05) is 57.1 Å². The predicted octanol–water partition coefficient (Wildman–Crippen LogP) is 3.69. The van der Waals surface area contributed by atoms with E-state index in [0.717, 1.165) is 67.4 Å². The van der Waals surface area contributed by atoms with E-state index in [1.165, 1.54) is 0 Å². The van der Waals surface area contributed by atoms with Gasteiger partial charge in [0.25, 0.3) is 0 Å². The topological polar surface area (TPSA) is 87.7 Å². The Kier molecular flexibility index (Phi) is 9.42. The van der Waals surface area contributed by atoms with Gasteiger partial charge in [-0.25, -0.2) is 4.98 Å². The number of carbonyl (C=O) groups excluding carboxylic acids is 2. The Balaban J connectivity index is 1.65. The SMILES string of the molecule is CCC(=O)CCCC(=O)CCCNc1nc(N2CCCN(C)CC2)nc2cc(OC)ccc12. The number of ketones is 2. The maximum Gasteiger partial charge on any atom is 0.227 e. The third kappa shape index (κ3) is 7.39. The van der Waals surface area contributed by atoms with Crippen LogP contribution in [0, 0.1) is 0 Å². The zero-order valence-corrected chi connectivity index (χ0v) is 20.2. The van der Waals surface area contributed by atoms with Crippen LogP contribution in [0.3, 0.4) is 0 Å². The summed E-state index contributed by atoms with van der Waals surface area (Å²) in [7, 11) is 3.80. The molecule has 0 bridgehead atoms. The quantitative estimate of drug-likeness (QED) is 0.485. The monoisotopic (exact) mass is 455 g/mol. The van der Waals surface area contributed by atoms with Gasteiger partial charge in [0, 0.05) is 63.3 Å². The molecule has 8 heteroatoms. The first-order valence-corrected chi connectivity index (χ1v) is 12.1. The van der Waals surface area contributed by atoms with Crippen molar-refractivity contribution in [1.82, 2.24) is 14.9 Å². The molecule has 1 aliphatic rings. The highest BCUT2D eigenvalue weighted by atomic mass is 16.5. The Morgan fingerprint density at radius 2 is 1.82 bits per heavy atom. The van der Waals surface area contributed by atoms with E-state index >= 15 is 0 Å². The molecule has 0 amide bonds. The van der Waals surface area contributed by atoms with Gasteiger partial charge in [-0.2, -0.15) is 4.98 Å². The van der Waals surface area contributed by atoms with Crippen LogP contribution in [0.5, 0.6) is 5.75 Å². The molecule has 1 saturated heterocycles. The molecule has 1 N–H and O–H groups in total. The molecule has 0 spiro atoms. The van der Waals surface area contributed by atoms with Crippen LogP contribution in [0.2, 0.25) is 0 Å². The third-order valence-electron chi connectivity index (χ3n) is 6.13. The summed E-state index contributed by atoms with van der Waals surface area (Å²) < 4.78 is 5.40. The molecule has 0 atom stereocenters. The summed E-state index contributed by atoms with van der Waals surface area (Å²) in [6, 6.07) is 5.84. The Morgan fingerprint density at radius 3 is 2.61 bits per heavy atom. The number of carbonyl (C=O) groups is 2. The molecule has 1 aromatic carbocycles. The second-order valence-electron chi connectivity index (χ2n) is 8.71. The average Bonchev–Trinajstić information content (AvgIpc) is 3.05. The normalized spacial score (nSPS) is 14.8. The smallest absolute Gasteiger partial charge is 0.227 e. The zero-order chi connectivity index (χ0) is 23.6. The van der Waals surface area contributed by atoms with Crippen LogP contribution in [0.4, 0.5) is 11.8 Å². The molecule has 3 rings (SSSR count). The number of aromatic nitrogens is 2. The molecule has 1 aromatic heterocycles. The fourth-order valence-electron chi connectivity index (χ4n) is 4.02. The Bertz CT molecular complexity index is 949. The lowest BCUT2D eigenvalue weighted by atomic mass is 10.1. The van der Waals surface area contributed by atoms with Crippen molar-refractivity contribution >= 4 is 34.2 Å². The van der Waals surface area contributed by atoms with Gasteiger partial charge in [-0.05, 0) is 45.0 Å². The van der Waals surface area contributed by atoms with Crippen molar-refractivity contribution < 1.29 is 14.3 Å². The third-order valence-corrected chi connectivity index (χ3v) is 6.13. The van der Waals surface area contributed by atoms with Gasteiger partial charge in [0.2, 0.25) is 5.95 Å². The van der Waals surface area contributed by atoms with E-state index < -0.39 is 0 Å². The van der Waals surface area contributed by atoms with Crippen LogP contribution in [0.1, 0.15) is 51.9 Å². The lowest BCUT2D eigenvalue weighted by Crippen LogP contribution is -2.30. The minimum atomic E-state index is 0.215. The molecular formula is C25H37N5O3. The summed E-state index contributed by atoms with van der Waals surface area (Å²) >= 11 is 0. The number of Topliss-reactive ketones (excluding diaryl/α,β-unsaturated/α-hetero) is 2. The van der Waals surface area contributed by atoms with E-state index in [9.17, 15) is 9.59 Å². The highest BCUT2D eigenvalue weighted by molar-refractivity contribution is 5.91. The molecule has 180 valence electrons. The first kappa shape index (κ1) is 24.9. The molecule has 1 fully saturated rings. The average molecular weight is 456 g/mol. The summed E-state index contributed by atoms with van der Waals surface area (Å²) in [5, 5.41) is 4.37. The Morgan fingerprint density at radius 1 is 1.03 bits per heavy atom. The second-order valence-corrected chi connectivity index (χ2v) is 8.71. The van der Waals surface area contributed by atoms with Crippen LogP contribution >= 0.6 is 0 Å². The largest absolute Gasteiger partial charge is 0.497 e. The Labute approximate surface area is 196 Å². The molecule has 0 aliphatic carbocycles. The van der Waals surface area contributed by atoms with Crippen molar-refractivity contribution in [2.24, 2.45) is 0 Å². The van der Waals surface area contributed by atoms with Crippen molar-refractivity contribution in [2.45, 2.75) is 51.9 Å². The minimum Gasteiger partial charge on any atom is -0.497 e. The highest BCUT2D eigenvalue weighted by Crippen LogP contribution is 2.27. The number of nitrogens with zero attached hydrogens (tertiary/aromatic N) is 4. The number of hydrogen-bond acceptors (Lipinski definition) is 8. The molecule has 1 aliphatic heterocycles. The number of fused-ring (bicyclic) bond motifs is 1. The van der Waals surface area contributed by atoms with Gasteiger partial charge in [-0.3, -0.25) is 9.59 Å². The maximum atomic E-state index is 12.1. The number of ether oxygens (including phenoxy) is 1. The van der Waals surface area contributed by atoms with Gasteiger partial charge in [0.15, 0.2) is 0 Å². The number of hydrogen-bond donors (Lipinski definition) is 1. The first-order valence-electron chi connectivity index (χ1n) is 12.1. The van der Waals surface area contributed by atoms with E-state index in [2.05, 4.69) is 22.2 Å². The number of anilines is 2. The summed E-state index contributed by atoms with van der Waals surface area (Å²) in [5.41, 5.74) is 0.844. The molecule has 0 saturated carbocycles. The van der Waals surface area contributed by atoms with Crippen molar-refractivity contribution in [3.63, 3.8) is 0 Å². The van der Waals surface area contributed by atoms with E-state index in [-0.39, 0.29) is 11.6 Å². The van der Waals surface area contributed by atoms with E-state index in [0.29, 0.717) is 38.6 Å². The number of nitrogens with one attached hydrogen (secondary N) is 1. The van der Waals surface area contributed by atoms with Crippen LogP contribution in [-0.2, 0) is 9.59 Å². The minimum absolute atomic E-state index is 0.215. The van der Waals surface area contributed by atoms with Crippen LogP contribution in [0.15, 0.2) is 18.2 Å². The molecule has 2 heterocycles. The molecule has 33 heavy (non-hydrogen) atoms. The molecule has 0 unspecified atom stereocenters. The van der Waals surface area contributed by atoms with Crippen molar-refractivity contribution in [3.05, 3.63) is 18.2 Å². The first-order chi connectivity index (χ1) is 16.0. The standard InChI is InChI=1S/C25H37N5O3/c1-4-19(31)8-5-9-20(32)10-6-13-26-24-22-12-11-21(33-3)18-23(22)27-25(28-24)30-15-7-14-29(2)16-17-30/h11-12,18H,4-10,13-17H2,1-3H3,(H,26,27,28). The zero-order valence-electron chi connectivity index (χ0n) is 20.2. The number of methoxy groups -OCH3 is 1.